The molecule has 7 nitrogen and oxygen atoms in total. The fraction of sp³-hybridized carbons (Fsp3) is 0.304. The summed E-state index contributed by atoms with van der Waals surface area (Å²) in [6.45, 7) is 1.36. The third kappa shape index (κ3) is 5.22. The van der Waals surface area contributed by atoms with Crippen LogP contribution in [0.25, 0.3) is 0 Å². The Hall–Kier alpha value is -2.52. The summed E-state index contributed by atoms with van der Waals surface area (Å²) in [5.41, 5.74) is 0.897. The molecule has 1 aromatic heterocycles. The Morgan fingerprint density at radius 2 is 1.48 bits per heavy atom. The van der Waals surface area contributed by atoms with Gasteiger partial charge in [0.1, 0.15) is 16.8 Å². The summed E-state index contributed by atoms with van der Waals surface area (Å²) in [7, 11) is 0. The summed E-state index contributed by atoms with van der Waals surface area (Å²) >= 11 is 3.32. The van der Waals surface area contributed by atoms with E-state index in [-0.39, 0.29) is 19.9 Å². The lowest BCUT2D eigenvalue weighted by molar-refractivity contribution is -0.174. The van der Waals surface area contributed by atoms with Crippen LogP contribution in [0.4, 0.5) is 0 Å². The fourth-order valence-electron chi connectivity index (χ4n) is 3.54. The van der Waals surface area contributed by atoms with Crippen LogP contribution in [0.1, 0.15) is 16.8 Å². The highest BCUT2D eigenvalue weighted by Gasteiger charge is 2.38. The molecule has 0 aliphatic carbocycles. The molecule has 0 radical (unpaired) electrons. The summed E-state index contributed by atoms with van der Waals surface area (Å²) in [4.78, 5) is 26.6. The second kappa shape index (κ2) is 9.74. The number of halogens is 1. The second-order valence-corrected chi connectivity index (χ2v) is 8.33. The van der Waals surface area contributed by atoms with E-state index in [2.05, 4.69) is 20.9 Å². The highest BCUT2D eigenvalue weighted by molar-refractivity contribution is 9.10. The average Bonchev–Trinajstić information content (AvgIpc) is 2.79. The van der Waals surface area contributed by atoms with Gasteiger partial charge < -0.3 is 14.2 Å². The molecule has 162 valence electrons. The molecule has 0 bridgehead atoms. The Labute approximate surface area is 187 Å². The molecule has 3 aromatic rings. The summed E-state index contributed by atoms with van der Waals surface area (Å²) in [6, 6.07) is 19.7. The van der Waals surface area contributed by atoms with Crippen LogP contribution in [0.2, 0.25) is 0 Å². The molecular formula is C23H23BrN2O5. The zero-order valence-electron chi connectivity index (χ0n) is 16.9. The number of hydrogen-bond acceptors (Lipinski definition) is 5. The van der Waals surface area contributed by atoms with Crippen molar-refractivity contribution in [1.29, 1.82) is 0 Å². The maximum Gasteiger partial charge on any atom is 0.330 e. The summed E-state index contributed by atoms with van der Waals surface area (Å²) in [5.74, 6) is 0. The summed E-state index contributed by atoms with van der Waals surface area (Å²) in [6.07, 6.45) is 0.302. The first-order valence-electron chi connectivity index (χ1n) is 9.95. The third-order valence-electron chi connectivity index (χ3n) is 5.19. The van der Waals surface area contributed by atoms with E-state index < -0.39 is 16.9 Å². The van der Waals surface area contributed by atoms with E-state index in [1.165, 1.54) is 4.57 Å². The van der Waals surface area contributed by atoms with Crippen LogP contribution in [-0.4, -0.2) is 28.4 Å². The van der Waals surface area contributed by atoms with Crippen LogP contribution in [0.15, 0.2) is 74.7 Å². The Kier molecular flexibility index (Phi) is 6.82. The smallest absolute Gasteiger partial charge is 0.330 e. The summed E-state index contributed by atoms with van der Waals surface area (Å²) < 4.78 is 19.8. The Balaban J connectivity index is 1.52. The number of benzene rings is 2. The van der Waals surface area contributed by atoms with Crippen LogP contribution in [0.3, 0.4) is 0 Å². The van der Waals surface area contributed by atoms with Gasteiger partial charge in [-0.25, -0.2) is 4.79 Å². The van der Waals surface area contributed by atoms with Crippen molar-refractivity contribution in [2.45, 2.75) is 32.0 Å². The van der Waals surface area contributed by atoms with Gasteiger partial charge in [0.15, 0.2) is 0 Å². The van der Waals surface area contributed by atoms with E-state index in [4.69, 9.17) is 14.2 Å². The molecule has 2 heterocycles. The fourth-order valence-corrected chi connectivity index (χ4v) is 4.00. The normalized spacial score (nSPS) is 14.9. The van der Waals surface area contributed by atoms with Crippen molar-refractivity contribution < 1.29 is 14.2 Å². The van der Waals surface area contributed by atoms with Gasteiger partial charge in [-0.3, -0.25) is 14.3 Å². The van der Waals surface area contributed by atoms with Gasteiger partial charge in [0.05, 0.1) is 26.4 Å². The number of nitrogens with one attached hydrogen (secondary N) is 1. The lowest BCUT2D eigenvalue weighted by Crippen LogP contribution is -2.52. The molecule has 2 aromatic carbocycles. The van der Waals surface area contributed by atoms with Gasteiger partial charge in [-0.1, -0.05) is 60.7 Å². The van der Waals surface area contributed by atoms with Gasteiger partial charge in [0.2, 0.25) is 0 Å². The minimum atomic E-state index is -0.827. The number of ether oxygens (including phenoxy) is 3. The number of hydrogen-bond donors (Lipinski definition) is 1. The summed E-state index contributed by atoms with van der Waals surface area (Å²) in [5, 5.41) is 0. The van der Waals surface area contributed by atoms with E-state index in [1.807, 2.05) is 60.7 Å². The zero-order chi connectivity index (χ0) is 21.7. The van der Waals surface area contributed by atoms with Crippen LogP contribution >= 0.6 is 15.9 Å². The van der Waals surface area contributed by atoms with Gasteiger partial charge in [-0.2, -0.15) is 0 Å². The largest absolute Gasteiger partial charge is 0.374 e. The number of nitrogens with zero attached hydrogens (tertiary/aromatic N) is 1. The lowest BCUT2D eigenvalue weighted by Gasteiger charge is -2.38. The van der Waals surface area contributed by atoms with Gasteiger partial charge in [-0.15, -0.1) is 0 Å². The van der Waals surface area contributed by atoms with Gasteiger partial charge in [0.25, 0.3) is 5.56 Å². The highest BCUT2D eigenvalue weighted by atomic mass is 79.9. The molecule has 0 unspecified atom stereocenters. The molecule has 1 aliphatic heterocycles. The number of rotatable bonds is 8. The van der Waals surface area contributed by atoms with Crippen molar-refractivity contribution in [3.63, 3.8) is 0 Å². The molecule has 31 heavy (non-hydrogen) atoms. The van der Waals surface area contributed by atoms with Crippen molar-refractivity contribution in [2.75, 3.05) is 13.2 Å². The molecule has 0 amide bonds. The minimum Gasteiger partial charge on any atom is -0.374 e. The third-order valence-corrected chi connectivity index (χ3v) is 6.00. The van der Waals surface area contributed by atoms with Crippen molar-refractivity contribution in [3.05, 3.63) is 103 Å². The maximum atomic E-state index is 12.2. The Morgan fingerprint density at radius 1 is 0.935 bits per heavy atom. The first kappa shape index (κ1) is 21.7. The number of H-pyrrole nitrogens is 1. The molecular weight excluding hydrogens is 464 g/mol. The molecule has 8 heteroatoms. The van der Waals surface area contributed by atoms with Gasteiger partial charge in [-0.05, 0) is 27.1 Å². The van der Waals surface area contributed by atoms with E-state index in [0.29, 0.717) is 29.8 Å². The second-order valence-electron chi connectivity index (χ2n) is 7.54. The standard InChI is InChI=1S/C23H23BrN2O5/c24-20-19-11-23(14-29-12-17-7-3-1-4-8-17,15-30-13-18-9-5-2-6-10-18)31-16-26(19)22(28)25-21(20)27/h1-10H,11-16H2,(H,25,27,28). The SMILES string of the molecule is O=c1[nH]c(=O)n2c(c1Br)CC(COCc1ccccc1)(COCc1ccccc1)OC2. The molecule has 0 saturated heterocycles. The molecule has 4 rings (SSSR count). The predicted octanol–water partition coefficient (Wildman–Crippen LogP) is 3.00. The van der Waals surface area contributed by atoms with E-state index >= 15 is 0 Å². The number of aromatic nitrogens is 2. The van der Waals surface area contributed by atoms with Gasteiger partial charge in [0, 0.05) is 12.1 Å². The first-order valence-corrected chi connectivity index (χ1v) is 10.7. The van der Waals surface area contributed by atoms with Crippen molar-refractivity contribution >= 4 is 15.9 Å². The quantitative estimate of drug-likeness (QED) is 0.529. The minimum absolute atomic E-state index is 0.00689. The van der Waals surface area contributed by atoms with Crippen molar-refractivity contribution in [3.8, 4) is 0 Å². The molecule has 1 N–H and O–H groups in total. The van der Waals surface area contributed by atoms with Crippen molar-refractivity contribution in [1.82, 2.24) is 9.55 Å². The molecule has 0 saturated carbocycles. The lowest BCUT2D eigenvalue weighted by atomic mass is 9.97. The molecule has 1 aliphatic rings. The number of fused-ring (bicyclic) bond motifs is 1. The van der Waals surface area contributed by atoms with Crippen LogP contribution < -0.4 is 11.2 Å². The number of aromatic amines is 1. The van der Waals surface area contributed by atoms with E-state index in [0.717, 1.165) is 11.1 Å². The average molecular weight is 487 g/mol. The molecule has 0 fully saturated rings. The van der Waals surface area contributed by atoms with E-state index in [1.54, 1.807) is 0 Å². The van der Waals surface area contributed by atoms with E-state index in [9.17, 15) is 9.59 Å². The van der Waals surface area contributed by atoms with Crippen LogP contribution in [-0.2, 0) is 40.6 Å². The first-order chi connectivity index (χ1) is 15.1. The van der Waals surface area contributed by atoms with Crippen molar-refractivity contribution in [2.24, 2.45) is 0 Å². The monoisotopic (exact) mass is 486 g/mol. The molecule has 0 spiro atoms. The Morgan fingerprint density at radius 3 is 2.03 bits per heavy atom. The zero-order valence-corrected chi connectivity index (χ0v) is 18.5. The Bertz CT molecular complexity index is 1080. The van der Waals surface area contributed by atoms with Crippen LogP contribution in [0.5, 0.6) is 0 Å². The van der Waals surface area contributed by atoms with Crippen LogP contribution in [0, 0.1) is 0 Å². The highest BCUT2D eigenvalue weighted by Crippen LogP contribution is 2.28. The topological polar surface area (TPSA) is 82.6 Å². The van der Waals surface area contributed by atoms with Gasteiger partial charge >= 0.3 is 5.69 Å². The maximum absolute atomic E-state index is 12.2. The predicted molar refractivity (Wildman–Crippen MR) is 119 cm³/mol. The molecule has 0 atom stereocenters.